The summed E-state index contributed by atoms with van der Waals surface area (Å²) in [5.41, 5.74) is 0. The largest absolute Gasteiger partial charge is 0.394 e. The minimum Gasteiger partial charge on any atom is -0.394 e. The van der Waals surface area contributed by atoms with E-state index < -0.39 is 86.8 Å². The first-order valence-electron chi connectivity index (χ1n) is 26.2. The van der Waals surface area contributed by atoms with Crippen LogP contribution in [0.15, 0.2) is 72.9 Å². The van der Waals surface area contributed by atoms with Gasteiger partial charge in [0.15, 0.2) is 12.6 Å². The molecule has 0 aromatic carbocycles. The number of unbranched alkanes of at least 4 members (excludes halogenated alkanes) is 16. The fourth-order valence-corrected chi connectivity index (χ4v) is 8.14. The van der Waals surface area contributed by atoms with E-state index in [1.54, 1.807) is 6.08 Å². The highest BCUT2D eigenvalue weighted by atomic mass is 16.7. The molecule has 2 aliphatic rings. The van der Waals surface area contributed by atoms with E-state index in [0.717, 1.165) is 89.9 Å². The van der Waals surface area contributed by atoms with Crippen molar-refractivity contribution in [2.45, 2.75) is 242 Å². The molecule has 2 fully saturated rings. The first-order valence-corrected chi connectivity index (χ1v) is 26.2. The van der Waals surface area contributed by atoms with Crippen LogP contribution in [0.25, 0.3) is 0 Å². The monoisotopic (exact) mass is 964 g/mol. The second kappa shape index (κ2) is 40.1. The van der Waals surface area contributed by atoms with E-state index in [-0.39, 0.29) is 18.9 Å². The Morgan fingerprint density at radius 2 is 1.01 bits per heavy atom. The van der Waals surface area contributed by atoms with Crippen LogP contribution in [0, 0.1) is 0 Å². The van der Waals surface area contributed by atoms with Crippen LogP contribution in [0.2, 0.25) is 0 Å². The summed E-state index contributed by atoms with van der Waals surface area (Å²) in [6.45, 7) is 2.63. The van der Waals surface area contributed by atoms with Crippen LogP contribution >= 0.6 is 0 Å². The molecule has 0 bridgehead atoms. The molecule has 0 spiro atoms. The number of allylic oxidation sites excluding steroid dienone is 11. The van der Waals surface area contributed by atoms with E-state index >= 15 is 0 Å². The van der Waals surface area contributed by atoms with Gasteiger partial charge in [0.2, 0.25) is 5.91 Å². The summed E-state index contributed by atoms with van der Waals surface area (Å²) in [4.78, 5) is 13.2. The Morgan fingerprint density at radius 3 is 1.56 bits per heavy atom. The number of carbonyl (C=O) groups is 1. The van der Waals surface area contributed by atoms with Crippen molar-refractivity contribution < 1.29 is 64.6 Å². The highest BCUT2D eigenvalue weighted by Crippen LogP contribution is 2.30. The lowest BCUT2D eigenvalue weighted by atomic mass is 9.97. The van der Waals surface area contributed by atoms with Crippen molar-refractivity contribution in [2.24, 2.45) is 0 Å². The number of aliphatic hydroxyl groups is 8. The molecule has 14 nitrogen and oxygen atoms in total. The van der Waals surface area contributed by atoms with Crippen molar-refractivity contribution >= 4 is 5.91 Å². The summed E-state index contributed by atoms with van der Waals surface area (Å²) in [5, 5.41) is 86.7. The molecule has 9 N–H and O–H groups in total. The van der Waals surface area contributed by atoms with Crippen LogP contribution in [0.4, 0.5) is 0 Å². The fraction of sp³-hybridized carbons (Fsp3) is 0.759. The van der Waals surface area contributed by atoms with Crippen molar-refractivity contribution in [3.05, 3.63) is 72.9 Å². The Bertz CT molecular complexity index is 1420. The molecule has 2 heterocycles. The van der Waals surface area contributed by atoms with Crippen molar-refractivity contribution in [2.75, 3.05) is 19.8 Å². The minimum absolute atomic E-state index is 0.256. The third kappa shape index (κ3) is 26.6. The quantitative estimate of drug-likeness (QED) is 0.0220. The molecule has 392 valence electrons. The molecule has 0 aromatic rings. The maximum absolute atomic E-state index is 13.2. The number of nitrogens with one attached hydrogen (secondary N) is 1. The van der Waals surface area contributed by atoms with Crippen LogP contribution in [0.1, 0.15) is 168 Å². The van der Waals surface area contributed by atoms with Gasteiger partial charge in [-0.2, -0.15) is 0 Å². The Labute approximate surface area is 408 Å². The molecule has 0 aromatic heterocycles. The summed E-state index contributed by atoms with van der Waals surface area (Å²) < 4.78 is 22.7. The number of hydrogen-bond donors (Lipinski definition) is 9. The van der Waals surface area contributed by atoms with E-state index in [9.17, 15) is 45.6 Å². The van der Waals surface area contributed by atoms with E-state index in [4.69, 9.17) is 18.9 Å². The van der Waals surface area contributed by atoms with Crippen LogP contribution in [-0.4, -0.2) is 140 Å². The van der Waals surface area contributed by atoms with E-state index in [1.165, 1.54) is 51.4 Å². The van der Waals surface area contributed by atoms with Gasteiger partial charge in [0.1, 0.15) is 48.8 Å². The lowest BCUT2D eigenvalue weighted by Gasteiger charge is -2.46. The number of aliphatic hydroxyl groups excluding tert-OH is 8. The molecule has 0 saturated carbocycles. The number of carbonyl (C=O) groups excluding carboxylic acids is 1. The fourth-order valence-electron chi connectivity index (χ4n) is 8.14. The van der Waals surface area contributed by atoms with Gasteiger partial charge in [-0.3, -0.25) is 4.79 Å². The Kier molecular flexibility index (Phi) is 36.3. The molecule has 2 saturated heterocycles. The SMILES string of the molecule is CC/C=C\C/C=C\C/C=C\C/C=C\C/C=C\CCCCCCCCCC(=O)NC(COC1OC(CO)C(OC2OC(CO)C(O)C(O)C2O)C(O)C1O)C(O)/C=C/CCCCCCCCCCC. The molecular weight excluding hydrogens is 871 g/mol. The second-order valence-corrected chi connectivity index (χ2v) is 18.3. The molecule has 12 atom stereocenters. The number of ether oxygens (including phenoxy) is 4. The highest BCUT2D eigenvalue weighted by Gasteiger charge is 2.51. The molecule has 2 rings (SSSR count). The molecule has 12 unspecified atom stereocenters. The Hall–Kier alpha value is -2.57. The van der Waals surface area contributed by atoms with Gasteiger partial charge in [-0.15, -0.1) is 0 Å². The van der Waals surface area contributed by atoms with Gasteiger partial charge in [0.05, 0.1) is 32.0 Å². The van der Waals surface area contributed by atoms with Crippen LogP contribution in [0.5, 0.6) is 0 Å². The topological polar surface area (TPSA) is 228 Å². The van der Waals surface area contributed by atoms with Gasteiger partial charge >= 0.3 is 0 Å². The summed E-state index contributed by atoms with van der Waals surface area (Å²) in [6.07, 6.45) is 33.7. The van der Waals surface area contributed by atoms with Crippen molar-refractivity contribution in [1.29, 1.82) is 0 Å². The highest BCUT2D eigenvalue weighted by molar-refractivity contribution is 5.76. The molecule has 0 radical (unpaired) electrons. The Morgan fingerprint density at radius 1 is 0.544 bits per heavy atom. The third-order valence-corrected chi connectivity index (χ3v) is 12.4. The van der Waals surface area contributed by atoms with Crippen LogP contribution in [-0.2, 0) is 23.7 Å². The van der Waals surface area contributed by atoms with Crippen molar-refractivity contribution in [3.8, 4) is 0 Å². The van der Waals surface area contributed by atoms with Gasteiger partial charge in [-0.25, -0.2) is 0 Å². The van der Waals surface area contributed by atoms with Crippen LogP contribution < -0.4 is 5.32 Å². The maximum Gasteiger partial charge on any atom is 0.220 e. The molecule has 14 heteroatoms. The zero-order valence-corrected chi connectivity index (χ0v) is 41.6. The van der Waals surface area contributed by atoms with Gasteiger partial charge < -0.3 is 65.1 Å². The molecule has 68 heavy (non-hydrogen) atoms. The average Bonchev–Trinajstić information content (AvgIpc) is 3.34. The normalized spacial score (nSPS) is 27.0. The zero-order chi connectivity index (χ0) is 49.6. The molecule has 0 aliphatic carbocycles. The van der Waals surface area contributed by atoms with E-state index in [2.05, 4.69) is 79.9 Å². The van der Waals surface area contributed by atoms with Crippen molar-refractivity contribution in [3.63, 3.8) is 0 Å². The summed E-state index contributed by atoms with van der Waals surface area (Å²) in [7, 11) is 0. The summed E-state index contributed by atoms with van der Waals surface area (Å²) in [5.74, 6) is -0.256. The third-order valence-electron chi connectivity index (χ3n) is 12.4. The lowest BCUT2D eigenvalue weighted by Crippen LogP contribution is -2.65. The van der Waals surface area contributed by atoms with Gasteiger partial charge in [0.25, 0.3) is 0 Å². The van der Waals surface area contributed by atoms with Gasteiger partial charge in [0, 0.05) is 6.42 Å². The molecule has 2 aliphatic heterocycles. The van der Waals surface area contributed by atoms with Gasteiger partial charge in [-0.05, 0) is 64.2 Å². The zero-order valence-electron chi connectivity index (χ0n) is 41.6. The average molecular weight is 964 g/mol. The predicted octanol–water partition coefficient (Wildman–Crippen LogP) is 7.21. The first kappa shape index (κ1) is 61.5. The number of hydrogen-bond acceptors (Lipinski definition) is 13. The second-order valence-electron chi connectivity index (χ2n) is 18.3. The number of rotatable bonds is 39. The first-order chi connectivity index (χ1) is 33.1. The van der Waals surface area contributed by atoms with Crippen molar-refractivity contribution in [1.82, 2.24) is 5.32 Å². The van der Waals surface area contributed by atoms with E-state index in [1.807, 2.05) is 6.08 Å². The molecular formula is C54H93NO13. The lowest BCUT2D eigenvalue weighted by molar-refractivity contribution is -0.359. The minimum atomic E-state index is -1.79. The summed E-state index contributed by atoms with van der Waals surface area (Å²) in [6, 6.07) is -0.923. The smallest absolute Gasteiger partial charge is 0.220 e. The predicted molar refractivity (Wildman–Crippen MR) is 267 cm³/mol. The molecule has 1 amide bonds. The standard InChI is InChI=1S/C54H93NO13/c1-3-5-7-9-11-13-15-16-17-18-19-20-21-22-23-24-25-26-28-30-32-34-36-38-46(59)55-42(43(58)37-35-33-31-29-27-14-12-10-8-6-4-2)41-65-53-51(64)49(62)52(45(40-57)67-53)68-54-50(63)48(61)47(60)44(39-56)66-54/h5,7,11,13,16-17,19-20,22-23,35,37,42-45,47-54,56-58,60-64H,3-4,6,8-10,12,14-15,18,21,24-34,36,38-41H2,1-2H3,(H,55,59)/b7-5-,13-11-,17-16-,20-19-,23-22-,37-35+. The number of amides is 1. The van der Waals surface area contributed by atoms with E-state index in [0.29, 0.717) is 6.42 Å². The van der Waals surface area contributed by atoms with Gasteiger partial charge in [-0.1, -0.05) is 170 Å². The summed E-state index contributed by atoms with van der Waals surface area (Å²) >= 11 is 0. The Balaban J connectivity index is 1.79. The van der Waals surface area contributed by atoms with Crippen LogP contribution in [0.3, 0.4) is 0 Å². The maximum atomic E-state index is 13.2.